The number of carbonyl (C=O) groups is 2. The van der Waals surface area contributed by atoms with Gasteiger partial charge < -0.3 is 15.3 Å². The Bertz CT molecular complexity index is 517. The molecule has 0 bridgehead atoms. The zero-order valence-corrected chi connectivity index (χ0v) is 13.2. The van der Waals surface area contributed by atoms with E-state index in [9.17, 15) is 9.59 Å². The summed E-state index contributed by atoms with van der Waals surface area (Å²) in [5.41, 5.74) is 2.03. The normalized spacial score (nSPS) is 21.2. The van der Waals surface area contributed by atoms with E-state index in [1.54, 1.807) is 19.0 Å². The maximum Gasteiger partial charge on any atom is 0.306 e. The number of rotatable bonds is 5. The molecule has 2 rings (SSSR count). The molecule has 1 aliphatic rings. The molecule has 0 radical (unpaired) electrons. The molecular weight excluding hydrogens is 280 g/mol. The molecule has 5 nitrogen and oxygen atoms in total. The molecule has 0 unspecified atom stereocenters. The SMILES string of the molecule is CN(C)C(=O)Cc1ccc(NC2CCC(C(=O)O)CC2)cc1. The Kier molecular flexibility index (Phi) is 5.41. The average molecular weight is 304 g/mol. The number of aliphatic carboxylic acids is 1. The molecule has 0 aromatic heterocycles. The second-order valence-electron chi connectivity index (χ2n) is 6.19. The topological polar surface area (TPSA) is 69.6 Å². The Morgan fingerprint density at radius 2 is 1.73 bits per heavy atom. The summed E-state index contributed by atoms with van der Waals surface area (Å²) in [5, 5.41) is 12.5. The van der Waals surface area contributed by atoms with E-state index < -0.39 is 5.97 Å². The lowest BCUT2D eigenvalue weighted by Crippen LogP contribution is -2.29. The zero-order valence-electron chi connectivity index (χ0n) is 13.2. The number of carboxylic acid groups (broad SMARTS) is 1. The monoisotopic (exact) mass is 304 g/mol. The summed E-state index contributed by atoms with van der Waals surface area (Å²) in [5.74, 6) is -0.765. The van der Waals surface area contributed by atoms with Crippen LogP contribution < -0.4 is 5.32 Å². The van der Waals surface area contributed by atoms with Gasteiger partial charge in [0.15, 0.2) is 0 Å². The first-order valence-corrected chi connectivity index (χ1v) is 7.74. The molecule has 5 heteroatoms. The van der Waals surface area contributed by atoms with E-state index >= 15 is 0 Å². The predicted molar refractivity (Wildman–Crippen MR) is 85.8 cm³/mol. The van der Waals surface area contributed by atoms with Crippen molar-refractivity contribution in [3.63, 3.8) is 0 Å². The number of amides is 1. The van der Waals surface area contributed by atoms with Crippen LogP contribution in [0.4, 0.5) is 5.69 Å². The predicted octanol–water partition coefficient (Wildman–Crippen LogP) is 2.37. The van der Waals surface area contributed by atoms with Crippen LogP contribution >= 0.6 is 0 Å². The molecule has 0 aliphatic heterocycles. The number of carboxylic acids is 1. The molecule has 120 valence electrons. The third kappa shape index (κ3) is 4.48. The Labute approximate surface area is 131 Å². The van der Waals surface area contributed by atoms with Gasteiger partial charge in [0.1, 0.15) is 0 Å². The molecule has 0 saturated heterocycles. The number of hydrogen-bond donors (Lipinski definition) is 2. The van der Waals surface area contributed by atoms with Gasteiger partial charge in [-0.3, -0.25) is 9.59 Å². The van der Waals surface area contributed by atoms with Gasteiger partial charge in [-0.15, -0.1) is 0 Å². The van der Waals surface area contributed by atoms with Crippen LogP contribution in [-0.2, 0) is 16.0 Å². The van der Waals surface area contributed by atoms with Crippen molar-refractivity contribution in [2.45, 2.75) is 38.1 Å². The van der Waals surface area contributed by atoms with Crippen molar-refractivity contribution in [2.24, 2.45) is 5.92 Å². The van der Waals surface area contributed by atoms with Crippen LogP contribution in [0.2, 0.25) is 0 Å². The Morgan fingerprint density at radius 3 is 2.23 bits per heavy atom. The fourth-order valence-corrected chi connectivity index (χ4v) is 2.77. The van der Waals surface area contributed by atoms with Crippen LogP contribution in [-0.4, -0.2) is 42.0 Å². The maximum absolute atomic E-state index is 11.7. The quantitative estimate of drug-likeness (QED) is 0.876. The second-order valence-corrected chi connectivity index (χ2v) is 6.19. The molecular formula is C17H24N2O3. The van der Waals surface area contributed by atoms with E-state index in [1.165, 1.54) is 0 Å². The van der Waals surface area contributed by atoms with E-state index in [0.29, 0.717) is 12.5 Å². The number of hydrogen-bond acceptors (Lipinski definition) is 3. The molecule has 1 fully saturated rings. The summed E-state index contributed by atoms with van der Waals surface area (Å²) in [6.07, 6.45) is 3.66. The summed E-state index contributed by atoms with van der Waals surface area (Å²) >= 11 is 0. The van der Waals surface area contributed by atoms with E-state index in [-0.39, 0.29) is 11.8 Å². The third-order valence-corrected chi connectivity index (χ3v) is 4.26. The number of nitrogens with one attached hydrogen (secondary N) is 1. The highest BCUT2D eigenvalue weighted by Gasteiger charge is 2.25. The van der Waals surface area contributed by atoms with Crippen LogP contribution in [0.15, 0.2) is 24.3 Å². The van der Waals surface area contributed by atoms with Gasteiger partial charge in [-0.1, -0.05) is 12.1 Å². The van der Waals surface area contributed by atoms with E-state index in [4.69, 9.17) is 5.11 Å². The second kappa shape index (κ2) is 7.29. The van der Waals surface area contributed by atoms with E-state index in [0.717, 1.165) is 36.9 Å². The summed E-state index contributed by atoms with van der Waals surface area (Å²) in [7, 11) is 3.51. The largest absolute Gasteiger partial charge is 0.481 e. The van der Waals surface area contributed by atoms with Crippen molar-refractivity contribution in [1.29, 1.82) is 0 Å². The van der Waals surface area contributed by atoms with Crippen LogP contribution in [0.25, 0.3) is 0 Å². The van der Waals surface area contributed by atoms with Gasteiger partial charge in [-0.25, -0.2) is 0 Å². The average Bonchev–Trinajstić information content (AvgIpc) is 2.49. The minimum Gasteiger partial charge on any atom is -0.481 e. The first-order valence-electron chi connectivity index (χ1n) is 7.74. The third-order valence-electron chi connectivity index (χ3n) is 4.26. The van der Waals surface area contributed by atoms with Gasteiger partial charge in [-0.2, -0.15) is 0 Å². The lowest BCUT2D eigenvalue weighted by Gasteiger charge is -2.27. The maximum atomic E-state index is 11.7. The molecule has 0 heterocycles. The van der Waals surface area contributed by atoms with E-state index in [1.807, 2.05) is 24.3 Å². The molecule has 1 aromatic carbocycles. The fraction of sp³-hybridized carbons (Fsp3) is 0.529. The molecule has 1 aromatic rings. The number of nitrogens with zero attached hydrogens (tertiary/aromatic N) is 1. The van der Waals surface area contributed by atoms with Gasteiger partial charge in [0, 0.05) is 25.8 Å². The molecule has 22 heavy (non-hydrogen) atoms. The summed E-state index contributed by atoms with van der Waals surface area (Å²) in [6, 6.07) is 8.24. The van der Waals surface area contributed by atoms with Crippen LogP contribution in [0.3, 0.4) is 0 Å². The van der Waals surface area contributed by atoms with Gasteiger partial charge in [0.05, 0.1) is 12.3 Å². The van der Waals surface area contributed by atoms with Crippen molar-refractivity contribution in [3.8, 4) is 0 Å². The highest BCUT2D eigenvalue weighted by Crippen LogP contribution is 2.26. The highest BCUT2D eigenvalue weighted by atomic mass is 16.4. The van der Waals surface area contributed by atoms with Gasteiger partial charge in [0.2, 0.25) is 5.91 Å². The minimum absolute atomic E-state index is 0.0905. The summed E-state index contributed by atoms with van der Waals surface area (Å²) in [4.78, 5) is 24.2. The summed E-state index contributed by atoms with van der Waals surface area (Å²) < 4.78 is 0. The number of anilines is 1. The number of likely N-dealkylation sites (N-methyl/N-ethyl adjacent to an activating group) is 1. The lowest BCUT2D eigenvalue weighted by atomic mass is 9.86. The first kappa shape index (κ1) is 16.3. The first-order chi connectivity index (χ1) is 10.5. The van der Waals surface area contributed by atoms with E-state index in [2.05, 4.69) is 5.32 Å². The molecule has 1 saturated carbocycles. The Morgan fingerprint density at radius 1 is 1.14 bits per heavy atom. The van der Waals surface area contributed by atoms with Gasteiger partial charge >= 0.3 is 5.97 Å². The Hall–Kier alpha value is -2.04. The fourth-order valence-electron chi connectivity index (χ4n) is 2.77. The molecule has 1 amide bonds. The van der Waals surface area contributed by atoms with Crippen molar-refractivity contribution >= 4 is 17.6 Å². The smallest absolute Gasteiger partial charge is 0.306 e. The van der Waals surface area contributed by atoms with Crippen molar-refractivity contribution in [2.75, 3.05) is 19.4 Å². The van der Waals surface area contributed by atoms with Crippen LogP contribution in [0.1, 0.15) is 31.2 Å². The highest BCUT2D eigenvalue weighted by molar-refractivity contribution is 5.78. The number of carbonyl (C=O) groups excluding carboxylic acids is 1. The molecule has 2 N–H and O–H groups in total. The molecule has 0 spiro atoms. The standard InChI is InChI=1S/C17H24N2O3/c1-19(2)16(20)11-12-3-7-14(8-4-12)18-15-9-5-13(6-10-15)17(21)22/h3-4,7-8,13,15,18H,5-6,9-11H2,1-2H3,(H,21,22). The van der Waals surface area contributed by atoms with Crippen LogP contribution in [0.5, 0.6) is 0 Å². The van der Waals surface area contributed by atoms with Gasteiger partial charge in [0.25, 0.3) is 0 Å². The lowest BCUT2D eigenvalue weighted by molar-refractivity contribution is -0.142. The molecule has 0 atom stereocenters. The summed E-state index contributed by atoms with van der Waals surface area (Å²) in [6.45, 7) is 0. The van der Waals surface area contributed by atoms with Crippen LogP contribution in [0, 0.1) is 5.92 Å². The minimum atomic E-state index is -0.673. The zero-order chi connectivity index (χ0) is 16.1. The number of benzene rings is 1. The Balaban J connectivity index is 1.84. The van der Waals surface area contributed by atoms with Crippen molar-refractivity contribution in [1.82, 2.24) is 4.90 Å². The van der Waals surface area contributed by atoms with Gasteiger partial charge in [-0.05, 0) is 43.4 Å². The molecule has 1 aliphatic carbocycles. The van der Waals surface area contributed by atoms with Crippen molar-refractivity contribution in [3.05, 3.63) is 29.8 Å². The van der Waals surface area contributed by atoms with Crippen molar-refractivity contribution < 1.29 is 14.7 Å².